The molecule has 3 heterocycles. The second-order valence-corrected chi connectivity index (χ2v) is 11.6. The predicted octanol–water partition coefficient (Wildman–Crippen LogP) is 7.29. The van der Waals surface area contributed by atoms with Gasteiger partial charge in [0, 0.05) is 35.3 Å². The number of fused-ring (bicyclic) bond motifs is 1. The Morgan fingerprint density at radius 3 is 2.36 bits per heavy atom. The average Bonchev–Trinajstić information content (AvgIpc) is 3.51. The summed E-state index contributed by atoms with van der Waals surface area (Å²) in [6.07, 6.45) is 6.71. The van der Waals surface area contributed by atoms with Crippen LogP contribution in [0.1, 0.15) is 95.0 Å². The van der Waals surface area contributed by atoms with E-state index in [0.717, 1.165) is 25.3 Å². The Labute approximate surface area is 203 Å². The van der Waals surface area contributed by atoms with Gasteiger partial charge in [0.15, 0.2) is 0 Å². The molecule has 0 amide bonds. The van der Waals surface area contributed by atoms with Crippen LogP contribution in [0.5, 0.6) is 0 Å². The summed E-state index contributed by atoms with van der Waals surface area (Å²) in [5.74, 6) is 0.588. The topological polar surface area (TPSA) is 44.8 Å². The molecule has 1 aromatic carbocycles. The number of nitrogens with zero attached hydrogens (tertiary/aromatic N) is 3. The molecule has 1 aliphatic heterocycles. The molecule has 5 heteroatoms. The van der Waals surface area contributed by atoms with Gasteiger partial charge in [0.2, 0.25) is 0 Å². The number of nitrogens with one attached hydrogen (secondary N) is 1. The molecular formula is C28H40N4S. The van der Waals surface area contributed by atoms with Crippen LogP contribution in [0.4, 0.5) is 0 Å². The fourth-order valence-corrected chi connectivity index (χ4v) is 6.31. The van der Waals surface area contributed by atoms with Crippen LogP contribution in [0.3, 0.4) is 0 Å². The first-order valence-electron chi connectivity index (χ1n) is 12.6. The molecule has 0 radical (unpaired) electrons. The molecule has 1 saturated heterocycles. The Kier molecular flexibility index (Phi) is 7.11. The first-order chi connectivity index (χ1) is 15.8. The van der Waals surface area contributed by atoms with Crippen molar-refractivity contribution < 1.29 is 0 Å². The molecule has 178 valence electrons. The first kappa shape index (κ1) is 24.2. The van der Waals surface area contributed by atoms with E-state index in [4.69, 9.17) is 4.98 Å². The van der Waals surface area contributed by atoms with Gasteiger partial charge in [-0.3, -0.25) is 10.00 Å². The van der Waals surface area contributed by atoms with Crippen LogP contribution >= 0.6 is 11.3 Å². The SMILES string of the molecule is CC.CC1(C)CCC(C)(C)c2cc(-c3csc(C4CCN(Cc5ccn[nH]5)CC4)n3)ccc21. The zero-order valence-electron chi connectivity index (χ0n) is 21.2. The van der Waals surface area contributed by atoms with E-state index in [-0.39, 0.29) is 10.8 Å². The van der Waals surface area contributed by atoms with E-state index < -0.39 is 0 Å². The molecule has 33 heavy (non-hydrogen) atoms. The monoisotopic (exact) mass is 464 g/mol. The third kappa shape index (κ3) is 5.09. The Hall–Kier alpha value is -1.98. The van der Waals surface area contributed by atoms with E-state index in [1.165, 1.54) is 53.1 Å². The molecule has 1 fully saturated rings. The number of piperidine rings is 1. The quantitative estimate of drug-likeness (QED) is 0.441. The van der Waals surface area contributed by atoms with Crippen molar-refractivity contribution in [1.82, 2.24) is 20.1 Å². The Morgan fingerprint density at radius 1 is 1.00 bits per heavy atom. The largest absolute Gasteiger partial charge is 0.297 e. The highest BCUT2D eigenvalue weighted by molar-refractivity contribution is 7.10. The number of likely N-dealkylation sites (tertiary alicyclic amines) is 1. The number of hydrogen-bond donors (Lipinski definition) is 1. The Morgan fingerprint density at radius 2 is 1.70 bits per heavy atom. The number of benzene rings is 1. The van der Waals surface area contributed by atoms with Crippen LogP contribution < -0.4 is 0 Å². The fourth-order valence-electron chi connectivity index (χ4n) is 5.31. The number of aromatic nitrogens is 3. The van der Waals surface area contributed by atoms with Crippen LogP contribution in [0.15, 0.2) is 35.8 Å². The number of rotatable bonds is 4. The molecule has 3 aromatic rings. The Balaban J connectivity index is 0.00000126. The smallest absolute Gasteiger partial charge is 0.0964 e. The molecule has 0 unspecified atom stereocenters. The average molecular weight is 465 g/mol. The van der Waals surface area contributed by atoms with Gasteiger partial charge in [-0.2, -0.15) is 5.10 Å². The fraction of sp³-hybridized carbons (Fsp3) is 0.571. The van der Waals surface area contributed by atoms with Crippen molar-refractivity contribution in [1.29, 1.82) is 0 Å². The maximum absolute atomic E-state index is 5.12. The van der Waals surface area contributed by atoms with Gasteiger partial charge in [-0.1, -0.05) is 53.7 Å². The van der Waals surface area contributed by atoms with Crippen molar-refractivity contribution >= 4 is 11.3 Å². The van der Waals surface area contributed by atoms with Crippen molar-refractivity contribution in [3.8, 4) is 11.3 Å². The summed E-state index contributed by atoms with van der Waals surface area (Å²) in [4.78, 5) is 7.64. The van der Waals surface area contributed by atoms with Crippen LogP contribution in [0.2, 0.25) is 0 Å². The first-order valence-corrected chi connectivity index (χ1v) is 13.5. The van der Waals surface area contributed by atoms with Gasteiger partial charge in [-0.25, -0.2) is 4.98 Å². The van der Waals surface area contributed by atoms with Gasteiger partial charge in [-0.05, 0) is 72.9 Å². The summed E-state index contributed by atoms with van der Waals surface area (Å²) in [5, 5.41) is 10.7. The van der Waals surface area contributed by atoms with E-state index >= 15 is 0 Å². The number of hydrogen-bond acceptors (Lipinski definition) is 4. The normalized spacial score (nSPS) is 20.1. The van der Waals surface area contributed by atoms with E-state index in [9.17, 15) is 0 Å². The summed E-state index contributed by atoms with van der Waals surface area (Å²) in [6.45, 7) is 16.8. The standard InChI is InChI=1S/C26H34N4S.C2H6/c1-25(2)10-11-26(3,4)22-15-19(5-6-21(22)25)23-17-31-24(28-23)18-8-13-30(14-9-18)16-20-7-12-27-29-20;1-2/h5-7,12,15,17-18H,8-11,13-14,16H2,1-4H3,(H,27,29);1-2H3. The molecule has 0 spiro atoms. The van der Waals surface area contributed by atoms with Crippen LogP contribution in [0, 0.1) is 0 Å². The van der Waals surface area contributed by atoms with Gasteiger partial charge >= 0.3 is 0 Å². The molecular weight excluding hydrogens is 424 g/mol. The molecule has 0 bridgehead atoms. The second-order valence-electron chi connectivity index (χ2n) is 10.7. The van der Waals surface area contributed by atoms with Crippen LogP contribution in [-0.4, -0.2) is 33.2 Å². The highest BCUT2D eigenvalue weighted by atomic mass is 32.1. The Bertz CT molecular complexity index is 1040. The lowest BCUT2D eigenvalue weighted by molar-refractivity contribution is 0.202. The molecule has 0 saturated carbocycles. The van der Waals surface area contributed by atoms with E-state index in [0.29, 0.717) is 5.92 Å². The van der Waals surface area contributed by atoms with Crippen molar-refractivity contribution in [2.45, 2.75) is 90.5 Å². The van der Waals surface area contributed by atoms with Gasteiger partial charge in [0.1, 0.15) is 0 Å². The van der Waals surface area contributed by atoms with Crippen molar-refractivity contribution in [2.75, 3.05) is 13.1 Å². The third-order valence-electron chi connectivity index (χ3n) is 7.56. The number of aromatic amines is 1. The summed E-state index contributed by atoms with van der Waals surface area (Å²) in [5.41, 5.74) is 7.18. The van der Waals surface area contributed by atoms with Gasteiger partial charge in [-0.15, -0.1) is 11.3 Å². The number of H-pyrrole nitrogens is 1. The predicted molar refractivity (Wildman–Crippen MR) is 140 cm³/mol. The summed E-state index contributed by atoms with van der Waals surface area (Å²) in [7, 11) is 0. The molecule has 5 rings (SSSR count). The van der Waals surface area contributed by atoms with E-state index in [1.54, 1.807) is 0 Å². The van der Waals surface area contributed by atoms with Gasteiger partial charge in [0.05, 0.1) is 10.7 Å². The lowest BCUT2D eigenvalue weighted by Crippen LogP contribution is -2.33. The molecule has 1 N–H and O–H groups in total. The summed E-state index contributed by atoms with van der Waals surface area (Å²) >= 11 is 1.85. The van der Waals surface area contributed by atoms with Gasteiger partial charge < -0.3 is 0 Å². The van der Waals surface area contributed by atoms with Crippen molar-refractivity contribution in [3.63, 3.8) is 0 Å². The minimum absolute atomic E-state index is 0.237. The highest BCUT2D eigenvalue weighted by Crippen LogP contribution is 2.47. The third-order valence-corrected chi connectivity index (χ3v) is 8.57. The minimum Gasteiger partial charge on any atom is -0.297 e. The van der Waals surface area contributed by atoms with E-state index in [2.05, 4.69) is 72.4 Å². The highest BCUT2D eigenvalue weighted by Gasteiger charge is 2.37. The van der Waals surface area contributed by atoms with Crippen molar-refractivity contribution in [3.05, 3.63) is 57.7 Å². The van der Waals surface area contributed by atoms with Crippen molar-refractivity contribution in [2.24, 2.45) is 0 Å². The van der Waals surface area contributed by atoms with E-state index in [1.807, 2.05) is 31.4 Å². The summed E-state index contributed by atoms with van der Waals surface area (Å²) < 4.78 is 0. The molecule has 1 aliphatic carbocycles. The maximum atomic E-state index is 5.12. The van der Waals surface area contributed by atoms with Crippen LogP contribution in [-0.2, 0) is 17.4 Å². The zero-order chi connectivity index (χ0) is 23.6. The number of thiazole rings is 1. The molecule has 2 aliphatic rings. The molecule has 2 aromatic heterocycles. The zero-order valence-corrected chi connectivity index (χ0v) is 22.1. The van der Waals surface area contributed by atoms with Gasteiger partial charge in [0.25, 0.3) is 0 Å². The molecule has 0 atom stereocenters. The lowest BCUT2D eigenvalue weighted by Gasteiger charge is -2.42. The summed E-state index contributed by atoms with van der Waals surface area (Å²) in [6, 6.07) is 9.18. The molecule has 4 nitrogen and oxygen atoms in total. The van der Waals surface area contributed by atoms with Crippen LogP contribution in [0.25, 0.3) is 11.3 Å². The minimum atomic E-state index is 0.237. The second kappa shape index (κ2) is 9.71. The maximum Gasteiger partial charge on any atom is 0.0964 e. The lowest BCUT2D eigenvalue weighted by atomic mass is 9.63.